The van der Waals surface area contributed by atoms with Crippen LogP contribution in [0.25, 0.3) is 0 Å². The van der Waals surface area contributed by atoms with Crippen LogP contribution in [0, 0.1) is 0 Å². The maximum Gasteiger partial charge on any atom is 0.143 e. The van der Waals surface area contributed by atoms with Gasteiger partial charge in [0.15, 0.2) is 0 Å². The number of hydrogen-bond donors (Lipinski definition) is 0. The number of hydrogen-bond acceptors (Lipinski definition) is 3. The van der Waals surface area contributed by atoms with Crippen molar-refractivity contribution in [3.8, 4) is 11.5 Å². The molecule has 0 aliphatic heterocycles. The molecule has 3 nitrogen and oxygen atoms in total. The van der Waals surface area contributed by atoms with Crippen LogP contribution < -0.4 is 9.47 Å². The Kier molecular flexibility index (Phi) is 8.23. The van der Waals surface area contributed by atoms with Crippen molar-refractivity contribution in [3.63, 3.8) is 0 Å². The van der Waals surface area contributed by atoms with E-state index in [1.165, 1.54) is 5.56 Å². The summed E-state index contributed by atoms with van der Waals surface area (Å²) in [5, 5.41) is 0. The second kappa shape index (κ2) is 11.7. The van der Waals surface area contributed by atoms with Gasteiger partial charge in [-0.1, -0.05) is 91.9 Å². The van der Waals surface area contributed by atoms with Crippen molar-refractivity contribution in [2.24, 2.45) is 0 Å². The fraction of sp³-hybridized carbons (Fsp3) is 0.250. The van der Waals surface area contributed by atoms with Crippen LogP contribution in [0.2, 0.25) is 0 Å². The van der Waals surface area contributed by atoms with Crippen LogP contribution in [-0.4, -0.2) is 20.8 Å². The molecule has 0 saturated carbocycles. The molecule has 0 aliphatic rings. The molecule has 1 unspecified atom stereocenters. The van der Waals surface area contributed by atoms with Crippen molar-refractivity contribution in [1.29, 1.82) is 0 Å². The fourth-order valence-electron chi connectivity index (χ4n) is 4.76. The van der Waals surface area contributed by atoms with Crippen LogP contribution in [0.5, 0.6) is 11.5 Å². The molecule has 0 amide bonds. The van der Waals surface area contributed by atoms with E-state index in [-0.39, 0.29) is 0 Å². The summed E-state index contributed by atoms with van der Waals surface area (Å²) in [4.78, 5) is 0. The molecule has 0 radical (unpaired) electrons. The first-order chi connectivity index (χ1) is 17.2. The predicted molar refractivity (Wildman–Crippen MR) is 142 cm³/mol. The third-order valence-corrected chi connectivity index (χ3v) is 6.72. The van der Waals surface area contributed by atoms with E-state index >= 15 is 0 Å². The van der Waals surface area contributed by atoms with Gasteiger partial charge in [0.2, 0.25) is 0 Å². The minimum atomic E-state index is -0.769. The Balaban J connectivity index is 1.77. The maximum atomic E-state index is 7.01. The van der Waals surface area contributed by atoms with E-state index in [1.54, 1.807) is 14.2 Å². The van der Waals surface area contributed by atoms with Crippen LogP contribution in [0.3, 0.4) is 0 Å². The minimum Gasteiger partial charge on any atom is -0.497 e. The lowest BCUT2D eigenvalue weighted by molar-refractivity contribution is 0.00876. The molecule has 0 bridgehead atoms. The highest BCUT2D eigenvalue weighted by Crippen LogP contribution is 2.42. The van der Waals surface area contributed by atoms with E-state index in [0.717, 1.165) is 41.0 Å². The topological polar surface area (TPSA) is 27.7 Å². The standard InChI is InChI=1S/C32H34O3/c1-4-25(26-11-7-5-8-12-26)23-24-35-32(27-13-9-6-10-14-27,28-15-19-30(33-2)20-16-28)29-17-21-31(34-3)22-18-29/h5-22,25H,4,23-24H2,1-3H3. The monoisotopic (exact) mass is 466 g/mol. The van der Waals surface area contributed by atoms with Gasteiger partial charge < -0.3 is 14.2 Å². The third kappa shape index (κ3) is 5.41. The summed E-state index contributed by atoms with van der Waals surface area (Å²) < 4.78 is 17.9. The zero-order valence-corrected chi connectivity index (χ0v) is 20.8. The summed E-state index contributed by atoms with van der Waals surface area (Å²) in [6.45, 7) is 2.86. The largest absolute Gasteiger partial charge is 0.497 e. The van der Waals surface area contributed by atoms with Gasteiger partial charge in [0, 0.05) is 6.61 Å². The summed E-state index contributed by atoms with van der Waals surface area (Å²) in [6, 6.07) is 37.6. The van der Waals surface area contributed by atoms with Gasteiger partial charge in [-0.05, 0) is 65.3 Å². The van der Waals surface area contributed by atoms with Crippen molar-refractivity contribution in [2.75, 3.05) is 20.8 Å². The fourth-order valence-corrected chi connectivity index (χ4v) is 4.76. The van der Waals surface area contributed by atoms with Crippen molar-refractivity contribution in [3.05, 3.63) is 131 Å². The molecule has 180 valence electrons. The highest BCUT2D eigenvalue weighted by Gasteiger charge is 2.38. The van der Waals surface area contributed by atoms with Crippen molar-refractivity contribution < 1.29 is 14.2 Å². The molecule has 4 aromatic carbocycles. The average Bonchev–Trinajstić information content (AvgIpc) is 2.94. The lowest BCUT2D eigenvalue weighted by atomic mass is 9.80. The number of ether oxygens (including phenoxy) is 3. The molecule has 0 aliphatic carbocycles. The number of benzene rings is 4. The first kappa shape index (κ1) is 24.6. The molecule has 4 aromatic rings. The lowest BCUT2D eigenvalue weighted by Gasteiger charge is -2.36. The van der Waals surface area contributed by atoms with Gasteiger partial charge in [-0.2, -0.15) is 0 Å². The average molecular weight is 467 g/mol. The number of methoxy groups -OCH3 is 2. The zero-order valence-electron chi connectivity index (χ0n) is 20.8. The van der Waals surface area contributed by atoms with Gasteiger partial charge in [0.1, 0.15) is 17.1 Å². The van der Waals surface area contributed by atoms with Gasteiger partial charge in [-0.25, -0.2) is 0 Å². The third-order valence-electron chi connectivity index (χ3n) is 6.72. The lowest BCUT2D eigenvalue weighted by Crippen LogP contribution is -2.33. The van der Waals surface area contributed by atoms with Gasteiger partial charge in [0.05, 0.1) is 14.2 Å². The van der Waals surface area contributed by atoms with Crippen LogP contribution in [0.15, 0.2) is 109 Å². The minimum absolute atomic E-state index is 0.441. The molecule has 0 heterocycles. The Bertz CT molecular complexity index is 1110. The van der Waals surface area contributed by atoms with Crippen molar-refractivity contribution >= 4 is 0 Å². The van der Waals surface area contributed by atoms with Gasteiger partial charge in [-0.3, -0.25) is 0 Å². The molecule has 0 spiro atoms. The van der Waals surface area contributed by atoms with Crippen molar-refractivity contribution in [1.82, 2.24) is 0 Å². The summed E-state index contributed by atoms with van der Waals surface area (Å²) in [7, 11) is 3.38. The summed E-state index contributed by atoms with van der Waals surface area (Å²) >= 11 is 0. The summed E-state index contributed by atoms with van der Waals surface area (Å²) in [5.41, 5.74) is 3.79. The van der Waals surface area contributed by atoms with E-state index in [1.807, 2.05) is 30.3 Å². The smallest absolute Gasteiger partial charge is 0.143 e. The van der Waals surface area contributed by atoms with Crippen molar-refractivity contribution in [2.45, 2.75) is 31.3 Å². The van der Waals surface area contributed by atoms with E-state index in [9.17, 15) is 0 Å². The van der Waals surface area contributed by atoms with Crippen LogP contribution in [0.1, 0.15) is 47.9 Å². The summed E-state index contributed by atoms with van der Waals surface area (Å²) in [6.07, 6.45) is 2.00. The highest BCUT2D eigenvalue weighted by molar-refractivity contribution is 5.49. The van der Waals surface area contributed by atoms with Crippen LogP contribution in [-0.2, 0) is 10.3 Å². The van der Waals surface area contributed by atoms with Crippen LogP contribution in [0.4, 0.5) is 0 Å². The Hall–Kier alpha value is -3.56. The predicted octanol–water partition coefficient (Wildman–Crippen LogP) is 7.60. The first-order valence-corrected chi connectivity index (χ1v) is 12.2. The normalized spacial score (nSPS) is 12.2. The molecule has 0 saturated heterocycles. The quantitative estimate of drug-likeness (QED) is 0.213. The van der Waals surface area contributed by atoms with E-state index in [4.69, 9.17) is 14.2 Å². The Labute approximate surface area is 209 Å². The molecule has 4 rings (SSSR count). The first-order valence-electron chi connectivity index (χ1n) is 12.2. The van der Waals surface area contributed by atoms with Gasteiger partial charge in [0.25, 0.3) is 0 Å². The molecular formula is C32H34O3. The van der Waals surface area contributed by atoms with Gasteiger partial charge >= 0.3 is 0 Å². The SMILES string of the molecule is CCC(CCOC(c1ccccc1)(c1ccc(OC)cc1)c1ccc(OC)cc1)c1ccccc1. The number of rotatable bonds is 11. The van der Waals surface area contributed by atoms with E-state index < -0.39 is 5.60 Å². The molecule has 1 atom stereocenters. The van der Waals surface area contributed by atoms with Gasteiger partial charge in [-0.15, -0.1) is 0 Å². The Morgan fingerprint density at radius 2 is 1.06 bits per heavy atom. The van der Waals surface area contributed by atoms with E-state index in [2.05, 4.69) is 85.8 Å². The second-order valence-electron chi connectivity index (χ2n) is 8.66. The molecule has 3 heteroatoms. The zero-order chi connectivity index (χ0) is 24.5. The highest BCUT2D eigenvalue weighted by atomic mass is 16.5. The Morgan fingerprint density at radius 3 is 1.51 bits per heavy atom. The molecular weight excluding hydrogens is 432 g/mol. The van der Waals surface area contributed by atoms with E-state index in [0.29, 0.717) is 12.5 Å². The summed E-state index contributed by atoms with van der Waals surface area (Å²) in [5.74, 6) is 2.08. The second-order valence-corrected chi connectivity index (χ2v) is 8.66. The van der Waals surface area contributed by atoms with Crippen LogP contribution >= 0.6 is 0 Å². The molecule has 0 N–H and O–H groups in total. The Morgan fingerprint density at radius 1 is 0.600 bits per heavy atom. The molecule has 35 heavy (non-hydrogen) atoms. The molecule has 0 fully saturated rings. The molecule has 0 aromatic heterocycles. The maximum absolute atomic E-state index is 7.01.